The average Bonchev–Trinajstić information content (AvgIpc) is 2.88. The van der Waals surface area contributed by atoms with Gasteiger partial charge in [0.1, 0.15) is 23.1 Å². The SMILES string of the molecule is CCOC(=O)c1ccc(Oc2ccc(-c3cc(C)c(C#N)c(=O)n3Cc3ccc(C)cc3C)cc2)cc1. The highest BCUT2D eigenvalue weighted by molar-refractivity contribution is 5.89. The number of carbonyl (C=O) groups excluding carboxylic acids is 1. The lowest BCUT2D eigenvalue weighted by atomic mass is 10.0. The van der Waals surface area contributed by atoms with Gasteiger partial charge in [-0.2, -0.15) is 5.26 Å². The maximum Gasteiger partial charge on any atom is 0.338 e. The number of nitriles is 1. The number of aromatic nitrogens is 1. The molecule has 0 radical (unpaired) electrons. The molecule has 6 nitrogen and oxygen atoms in total. The molecule has 0 bridgehead atoms. The largest absolute Gasteiger partial charge is 0.462 e. The molecule has 37 heavy (non-hydrogen) atoms. The second-order valence-electron chi connectivity index (χ2n) is 8.89. The van der Waals surface area contributed by atoms with Crippen LogP contribution in [-0.4, -0.2) is 17.1 Å². The lowest BCUT2D eigenvalue weighted by Gasteiger charge is -2.17. The standard InChI is InChI=1S/C31H28N2O4/c1-5-36-31(35)24-10-14-27(15-11-24)37-26-12-8-23(9-13-26)29-17-22(4)28(18-32)30(34)33(29)19-25-7-6-20(2)16-21(25)3/h6-17H,5,19H2,1-4H3. The summed E-state index contributed by atoms with van der Waals surface area (Å²) in [5.74, 6) is 0.825. The number of nitrogens with zero attached hydrogens (tertiary/aromatic N) is 2. The van der Waals surface area contributed by atoms with Gasteiger partial charge in [-0.1, -0.05) is 23.8 Å². The van der Waals surface area contributed by atoms with Gasteiger partial charge in [-0.3, -0.25) is 4.79 Å². The molecular weight excluding hydrogens is 464 g/mol. The summed E-state index contributed by atoms with van der Waals surface area (Å²) in [5, 5.41) is 9.59. The van der Waals surface area contributed by atoms with E-state index >= 15 is 0 Å². The van der Waals surface area contributed by atoms with Crippen molar-refractivity contribution in [2.24, 2.45) is 0 Å². The Bertz CT molecular complexity index is 1540. The first-order chi connectivity index (χ1) is 17.8. The third kappa shape index (κ3) is 5.62. The van der Waals surface area contributed by atoms with E-state index in [1.54, 1.807) is 42.7 Å². The molecule has 1 aromatic heterocycles. The van der Waals surface area contributed by atoms with Gasteiger partial charge in [0.15, 0.2) is 0 Å². The van der Waals surface area contributed by atoms with Crippen LogP contribution < -0.4 is 10.3 Å². The molecule has 0 aliphatic rings. The summed E-state index contributed by atoms with van der Waals surface area (Å²) < 4.78 is 12.6. The zero-order valence-electron chi connectivity index (χ0n) is 21.4. The van der Waals surface area contributed by atoms with Crippen molar-refractivity contribution in [1.29, 1.82) is 5.26 Å². The van der Waals surface area contributed by atoms with Gasteiger partial charge >= 0.3 is 5.97 Å². The van der Waals surface area contributed by atoms with Gasteiger partial charge in [-0.25, -0.2) is 4.79 Å². The normalized spacial score (nSPS) is 10.6. The van der Waals surface area contributed by atoms with Crippen LogP contribution in [0.15, 0.2) is 77.6 Å². The first-order valence-corrected chi connectivity index (χ1v) is 12.1. The fourth-order valence-corrected chi connectivity index (χ4v) is 4.20. The van der Waals surface area contributed by atoms with Crippen LogP contribution in [0.2, 0.25) is 0 Å². The van der Waals surface area contributed by atoms with Crippen LogP contribution in [0.5, 0.6) is 11.5 Å². The molecule has 3 aromatic carbocycles. The topological polar surface area (TPSA) is 81.3 Å². The minimum absolute atomic E-state index is 0.153. The van der Waals surface area contributed by atoms with Crippen LogP contribution in [0.1, 0.15) is 45.1 Å². The van der Waals surface area contributed by atoms with Crippen molar-refractivity contribution in [3.05, 3.63) is 117 Å². The summed E-state index contributed by atoms with van der Waals surface area (Å²) in [5.41, 5.74) is 5.78. The van der Waals surface area contributed by atoms with E-state index in [2.05, 4.69) is 12.1 Å². The Kier molecular flexibility index (Phi) is 7.55. The highest BCUT2D eigenvalue weighted by atomic mass is 16.5. The third-order valence-electron chi connectivity index (χ3n) is 6.19. The Morgan fingerprint density at radius 3 is 2.14 bits per heavy atom. The van der Waals surface area contributed by atoms with Gasteiger partial charge in [-0.15, -0.1) is 0 Å². The summed E-state index contributed by atoms with van der Waals surface area (Å²) in [4.78, 5) is 25.2. The quantitative estimate of drug-likeness (QED) is 0.282. The fourth-order valence-electron chi connectivity index (χ4n) is 4.20. The van der Waals surface area contributed by atoms with E-state index in [0.717, 1.165) is 27.9 Å². The smallest absolute Gasteiger partial charge is 0.338 e. The van der Waals surface area contributed by atoms with Crippen molar-refractivity contribution in [3.63, 3.8) is 0 Å². The van der Waals surface area contributed by atoms with E-state index in [4.69, 9.17) is 9.47 Å². The second-order valence-corrected chi connectivity index (χ2v) is 8.89. The molecule has 0 N–H and O–H groups in total. The van der Waals surface area contributed by atoms with Crippen LogP contribution >= 0.6 is 0 Å². The van der Waals surface area contributed by atoms with Gasteiger partial charge in [0.05, 0.1) is 24.4 Å². The Balaban J connectivity index is 1.64. The van der Waals surface area contributed by atoms with E-state index in [0.29, 0.717) is 35.8 Å². The minimum atomic E-state index is -0.372. The van der Waals surface area contributed by atoms with Crippen LogP contribution in [0.25, 0.3) is 11.3 Å². The lowest BCUT2D eigenvalue weighted by molar-refractivity contribution is 0.0526. The first kappa shape index (κ1) is 25.5. The predicted octanol–water partition coefficient (Wildman–Crippen LogP) is 6.33. The van der Waals surface area contributed by atoms with E-state index in [1.165, 1.54) is 0 Å². The fraction of sp³-hybridized carbons (Fsp3) is 0.194. The van der Waals surface area contributed by atoms with E-state index in [-0.39, 0.29) is 17.1 Å². The highest BCUT2D eigenvalue weighted by Crippen LogP contribution is 2.27. The van der Waals surface area contributed by atoms with Crippen molar-refractivity contribution in [3.8, 4) is 28.8 Å². The zero-order valence-corrected chi connectivity index (χ0v) is 21.4. The van der Waals surface area contributed by atoms with Crippen molar-refractivity contribution in [2.45, 2.75) is 34.2 Å². The number of pyridine rings is 1. The van der Waals surface area contributed by atoms with Gasteiger partial charge in [0.25, 0.3) is 5.56 Å². The zero-order chi connectivity index (χ0) is 26.5. The molecule has 0 aliphatic carbocycles. The van der Waals surface area contributed by atoms with Gasteiger partial charge < -0.3 is 14.0 Å². The first-order valence-electron chi connectivity index (χ1n) is 12.1. The van der Waals surface area contributed by atoms with Crippen LogP contribution in [-0.2, 0) is 11.3 Å². The maximum absolute atomic E-state index is 13.3. The summed E-state index contributed by atoms with van der Waals surface area (Å²) in [7, 11) is 0. The average molecular weight is 493 g/mol. The van der Waals surface area contributed by atoms with Gasteiger partial charge in [0, 0.05) is 0 Å². The Morgan fingerprint density at radius 2 is 1.54 bits per heavy atom. The van der Waals surface area contributed by atoms with Crippen molar-refractivity contribution < 1.29 is 14.3 Å². The van der Waals surface area contributed by atoms with E-state index in [9.17, 15) is 14.9 Å². The Morgan fingerprint density at radius 1 is 0.892 bits per heavy atom. The second kappa shape index (κ2) is 11.0. The van der Waals surface area contributed by atoms with E-state index < -0.39 is 0 Å². The molecule has 4 aromatic rings. The Hall–Kier alpha value is -4.63. The summed E-state index contributed by atoms with van der Waals surface area (Å²) in [6.45, 7) is 8.29. The van der Waals surface area contributed by atoms with Crippen LogP contribution in [0.4, 0.5) is 0 Å². The molecule has 0 spiro atoms. The molecule has 186 valence electrons. The summed E-state index contributed by atoms with van der Waals surface area (Å²) in [6.07, 6.45) is 0. The summed E-state index contributed by atoms with van der Waals surface area (Å²) >= 11 is 0. The number of aryl methyl sites for hydroxylation is 3. The molecule has 0 aliphatic heterocycles. The van der Waals surface area contributed by atoms with Gasteiger partial charge in [-0.05, 0) is 105 Å². The monoisotopic (exact) mass is 492 g/mol. The molecule has 1 heterocycles. The van der Waals surface area contributed by atoms with E-state index in [1.807, 2.05) is 56.3 Å². The number of ether oxygens (including phenoxy) is 2. The summed E-state index contributed by atoms with van der Waals surface area (Å²) in [6, 6.07) is 24.3. The van der Waals surface area contributed by atoms with Crippen molar-refractivity contribution >= 4 is 5.97 Å². The molecule has 0 saturated carbocycles. The molecule has 4 rings (SSSR count). The van der Waals surface area contributed by atoms with Crippen LogP contribution in [0, 0.1) is 32.1 Å². The third-order valence-corrected chi connectivity index (χ3v) is 6.19. The molecule has 0 atom stereocenters. The lowest BCUT2D eigenvalue weighted by Crippen LogP contribution is -2.26. The Labute approximate surface area is 216 Å². The highest BCUT2D eigenvalue weighted by Gasteiger charge is 2.15. The number of hydrogen-bond acceptors (Lipinski definition) is 5. The van der Waals surface area contributed by atoms with Gasteiger partial charge in [0.2, 0.25) is 0 Å². The molecule has 0 fully saturated rings. The molecule has 0 unspecified atom stereocenters. The number of rotatable bonds is 7. The maximum atomic E-state index is 13.3. The molecule has 0 amide bonds. The number of esters is 1. The molecule has 6 heteroatoms. The number of benzene rings is 3. The number of hydrogen-bond donors (Lipinski definition) is 0. The van der Waals surface area contributed by atoms with Crippen molar-refractivity contribution in [1.82, 2.24) is 4.57 Å². The predicted molar refractivity (Wildman–Crippen MR) is 143 cm³/mol. The van der Waals surface area contributed by atoms with Crippen molar-refractivity contribution in [2.75, 3.05) is 6.61 Å². The molecular formula is C31H28N2O4. The minimum Gasteiger partial charge on any atom is -0.462 e. The molecule has 0 saturated heterocycles. The van der Waals surface area contributed by atoms with Crippen LogP contribution in [0.3, 0.4) is 0 Å². The number of carbonyl (C=O) groups is 1.